The van der Waals surface area contributed by atoms with Gasteiger partial charge in [-0.3, -0.25) is 9.36 Å². The van der Waals surface area contributed by atoms with Gasteiger partial charge in [0.15, 0.2) is 11.0 Å². The van der Waals surface area contributed by atoms with Crippen LogP contribution in [0.4, 0.5) is 5.69 Å². The van der Waals surface area contributed by atoms with E-state index in [1.54, 1.807) is 31.4 Å². The lowest BCUT2D eigenvalue weighted by atomic mass is 10.2. The van der Waals surface area contributed by atoms with Gasteiger partial charge in [-0.1, -0.05) is 48.2 Å². The lowest BCUT2D eigenvalue weighted by molar-refractivity contribution is -0.115. The number of rotatable bonds is 7. The maximum Gasteiger partial charge on any atom is 0.237 e. The fourth-order valence-electron chi connectivity index (χ4n) is 3.23. The summed E-state index contributed by atoms with van der Waals surface area (Å²) in [5, 5.41) is 20.9. The number of carbonyl (C=O) groups excluding carboxylic acids is 1. The molecule has 0 aliphatic rings. The molecule has 1 atom stereocenters. The molecule has 0 bridgehead atoms. The lowest BCUT2D eigenvalue weighted by Gasteiger charge is -2.14. The van der Waals surface area contributed by atoms with Crippen molar-refractivity contribution in [2.24, 2.45) is 0 Å². The average Bonchev–Trinajstić information content (AvgIpc) is 3.28. The first-order valence-corrected chi connectivity index (χ1v) is 11.1. The first kappa shape index (κ1) is 22.1. The van der Waals surface area contributed by atoms with Gasteiger partial charge in [-0.2, -0.15) is 5.26 Å². The molecule has 4 rings (SSSR count). The Balaban J connectivity index is 1.64. The smallest absolute Gasteiger partial charge is 0.237 e. The molecule has 0 aliphatic carbocycles. The lowest BCUT2D eigenvalue weighted by Crippen LogP contribution is -2.23. The van der Waals surface area contributed by atoms with Crippen LogP contribution in [0.5, 0.6) is 5.75 Å². The molecule has 164 valence electrons. The number of benzene rings is 3. The molecule has 1 heterocycles. The van der Waals surface area contributed by atoms with Crippen molar-refractivity contribution in [1.29, 1.82) is 5.26 Å². The van der Waals surface area contributed by atoms with Crippen LogP contribution in [0.3, 0.4) is 0 Å². The second-order valence-corrected chi connectivity index (χ2v) is 8.46. The van der Waals surface area contributed by atoms with Crippen LogP contribution >= 0.6 is 11.8 Å². The number of methoxy groups -OCH3 is 1. The van der Waals surface area contributed by atoms with E-state index in [4.69, 9.17) is 10.00 Å². The van der Waals surface area contributed by atoms with E-state index in [0.717, 1.165) is 17.0 Å². The van der Waals surface area contributed by atoms with Crippen molar-refractivity contribution in [2.75, 3.05) is 12.4 Å². The number of anilines is 1. The zero-order chi connectivity index (χ0) is 23.2. The summed E-state index contributed by atoms with van der Waals surface area (Å²) in [6.45, 7) is 1.81. The predicted molar refractivity (Wildman–Crippen MR) is 128 cm³/mol. The standard InChI is InChI=1S/C25H21N5O2S/c1-17(24(31)27-20-10-6-8-18(14-20)16-26)33-25-29-28-23(19-9-7-13-22(15-19)32-2)30(25)21-11-4-3-5-12-21/h3-15,17H,1-2H3,(H,27,31)/t17-/m0/s1. The second-order valence-electron chi connectivity index (χ2n) is 7.15. The van der Waals surface area contributed by atoms with E-state index in [-0.39, 0.29) is 5.91 Å². The van der Waals surface area contributed by atoms with Gasteiger partial charge >= 0.3 is 0 Å². The largest absolute Gasteiger partial charge is 0.497 e. The molecular formula is C25H21N5O2S. The fourth-order valence-corrected chi connectivity index (χ4v) is 4.09. The number of ether oxygens (including phenoxy) is 1. The van der Waals surface area contributed by atoms with Crippen LogP contribution in [-0.2, 0) is 4.79 Å². The quantitative estimate of drug-likeness (QED) is 0.397. The maximum absolute atomic E-state index is 12.8. The molecule has 4 aromatic rings. The number of amides is 1. The molecule has 0 radical (unpaired) electrons. The van der Waals surface area contributed by atoms with Gasteiger partial charge in [0.05, 0.1) is 24.0 Å². The van der Waals surface area contributed by atoms with E-state index < -0.39 is 5.25 Å². The van der Waals surface area contributed by atoms with E-state index in [2.05, 4.69) is 21.6 Å². The first-order chi connectivity index (χ1) is 16.1. The number of hydrogen-bond donors (Lipinski definition) is 1. The predicted octanol–water partition coefficient (Wildman–Crippen LogP) is 4.93. The van der Waals surface area contributed by atoms with E-state index in [0.29, 0.717) is 22.2 Å². The number of nitrogens with one attached hydrogen (secondary N) is 1. The number of nitriles is 1. The number of aromatic nitrogens is 3. The Bertz CT molecular complexity index is 1310. The summed E-state index contributed by atoms with van der Waals surface area (Å²) in [7, 11) is 1.62. The minimum Gasteiger partial charge on any atom is -0.497 e. The molecule has 0 spiro atoms. The van der Waals surface area contributed by atoms with E-state index in [1.807, 2.05) is 66.1 Å². The Morgan fingerprint density at radius 1 is 1.06 bits per heavy atom. The van der Waals surface area contributed by atoms with E-state index in [1.165, 1.54) is 11.8 Å². The van der Waals surface area contributed by atoms with Crippen LogP contribution in [0.25, 0.3) is 17.1 Å². The normalized spacial score (nSPS) is 11.4. The Morgan fingerprint density at radius 2 is 1.85 bits per heavy atom. The van der Waals surface area contributed by atoms with Gasteiger partial charge in [0.2, 0.25) is 5.91 Å². The van der Waals surface area contributed by atoms with Gasteiger partial charge in [-0.15, -0.1) is 10.2 Å². The van der Waals surface area contributed by atoms with Crippen molar-refractivity contribution in [1.82, 2.24) is 14.8 Å². The minimum absolute atomic E-state index is 0.194. The van der Waals surface area contributed by atoms with Crippen LogP contribution in [-0.4, -0.2) is 33.0 Å². The van der Waals surface area contributed by atoms with Gasteiger partial charge in [0, 0.05) is 16.9 Å². The van der Waals surface area contributed by atoms with Crippen molar-refractivity contribution in [3.63, 3.8) is 0 Å². The van der Waals surface area contributed by atoms with Crippen molar-refractivity contribution < 1.29 is 9.53 Å². The minimum atomic E-state index is -0.458. The maximum atomic E-state index is 12.8. The van der Waals surface area contributed by atoms with Crippen molar-refractivity contribution in [3.8, 4) is 28.9 Å². The van der Waals surface area contributed by atoms with Crippen molar-refractivity contribution in [3.05, 3.63) is 84.4 Å². The van der Waals surface area contributed by atoms with Gasteiger partial charge in [0.25, 0.3) is 0 Å². The van der Waals surface area contributed by atoms with Crippen molar-refractivity contribution >= 4 is 23.4 Å². The molecule has 1 aromatic heterocycles. The SMILES string of the molecule is COc1cccc(-c2nnc(S[C@@H](C)C(=O)Nc3cccc(C#N)c3)n2-c2ccccc2)c1. The Kier molecular flexibility index (Phi) is 6.72. The van der Waals surface area contributed by atoms with E-state index >= 15 is 0 Å². The van der Waals surface area contributed by atoms with E-state index in [9.17, 15) is 4.79 Å². The molecular weight excluding hydrogens is 434 g/mol. The molecule has 0 saturated heterocycles. The van der Waals surface area contributed by atoms with Crippen LogP contribution in [0.1, 0.15) is 12.5 Å². The highest BCUT2D eigenvalue weighted by Gasteiger charge is 2.22. The molecule has 1 N–H and O–H groups in total. The number of para-hydroxylation sites is 1. The summed E-state index contributed by atoms with van der Waals surface area (Å²) in [6, 6.07) is 26.3. The Morgan fingerprint density at radius 3 is 2.61 bits per heavy atom. The van der Waals surface area contributed by atoms with Gasteiger partial charge in [-0.05, 0) is 49.4 Å². The van der Waals surface area contributed by atoms with Gasteiger partial charge in [-0.25, -0.2) is 0 Å². The number of carbonyl (C=O) groups is 1. The van der Waals surface area contributed by atoms with Gasteiger partial charge < -0.3 is 10.1 Å². The number of hydrogen-bond acceptors (Lipinski definition) is 6. The third-order valence-corrected chi connectivity index (χ3v) is 5.93. The third-order valence-electron chi connectivity index (χ3n) is 4.89. The van der Waals surface area contributed by atoms with Gasteiger partial charge in [0.1, 0.15) is 5.75 Å². The molecule has 33 heavy (non-hydrogen) atoms. The number of nitrogens with zero attached hydrogens (tertiary/aromatic N) is 4. The first-order valence-electron chi connectivity index (χ1n) is 10.2. The second kappa shape index (κ2) is 10.0. The highest BCUT2D eigenvalue weighted by atomic mass is 32.2. The molecule has 0 saturated carbocycles. The molecule has 0 aliphatic heterocycles. The molecule has 8 heteroatoms. The van der Waals surface area contributed by atoms with Crippen LogP contribution in [0.2, 0.25) is 0 Å². The average molecular weight is 456 g/mol. The fraction of sp³-hybridized carbons (Fsp3) is 0.120. The summed E-state index contributed by atoms with van der Waals surface area (Å²) < 4.78 is 7.29. The third kappa shape index (κ3) is 5.05. The molecule has 0 fully saturated rings. The van der Waals surface area contributed by atoms with Crippen molar-refractivity contribution in [2.45, 2.75) is 17.3 Å². The summed E-state index contributed by atoms with van der Waals surface area (Å²) in [6.07, 6.45) is 0. The molecule has 0 unspecified atom stereocenters. The summed E-state index contributed by atoms with van der Waals surface area (Å²) in [5.74, 6) is 1.18. The Hall–Kier alpha value is -4.09. The van der Waals surface area contributed by atoms with Crippen LogP contribution in [0, 0.1) is 11.3 Å². The highest BCUT2D eigenvalue weighted by molar-refractivity contribution is 8.00. The number of thioether (sulfide) groups is 1. The highest BCUT2D eigenvalue weighted by Crippen LogP contribution is 2.31. The summed E-state index contributed by atoms with van der Waals surface area (Å²) in [4.78, 5) is 12.8. The summed E-state index contributed by atoms with van der Waals surface area (Å²) >= 11 is 1.31. The zero-order valence-corrected chi connectivity index (χ0v) is 18.9. The van der Waals surface area contributed by atoms with Crippen LogP contribution < -0.4 is 10.1 Å². The molecule has 1 amide bonds. The monoisotopic (exact) mass is 455 g/mol. The molecule has 7 nitrogen and oxygen atoms in total. The molecule has 3 aromatic carbocycles. The van der Waals surface area contributed by atoms with Crippen LogP contribution in [0.15, 0.2) is 84.0 Å². The Labute approximate surface area is 196 Å². The summed E-state index contributed by atoms with van der Waals surface area (Å²) in [5.41, 5.74) is 2.80. The zero-order valence-electron chi connectivity index (χ0n) is 18.1. The topological polar surface area (TPSA) is 92.8 Å².